The molecule has 1 aromatic carbocycles. The number of benzene rings is 1. The summed E-state index contributed by atoms with van der Waals surface area (Å²) < 4.78 is 41.1. The molecule has 1 aliphatic heterocycles. The fourth-order valence-corrected chi connectivity index (χ4v) is 6.18. The lowest BCUT2D eigenvalue weighted by atomic mass is 9.78. The van der Waals surface area contributed by atoms with E-state index in [1.807, 2.05) is 72.0 Å². The molecule has 4 rings (SSSR count). The van der Waals surface area contributed by atoms with Crippen molar-refractivity contribution in [3.8, 4) is 29.0 Å². The first-order valence-electron chi connectivity index (χ1n) is 16.2. The number of rotatable bonds is 13. The lowest BCUT2D eigenvalue weighted by Gasteiger charge is -2.27. The molecule has 0 radical (unpaired) electrons. The zero-order valence-electron chi connectivity index (χ0n) is 28.8. The second-order valence-electron chi connectivity index (χ2n) is 14.7. The summed E-state index contributed by atoms with van der Waals surface area (Å²) in [5, 5.41) is 14.6. The van der Waals surface area contributed by atoms with Gasteiger partial charge in [0, 0.05) is 41.9 Å². The van der Waals surface area contributed by atoms with Gasteiger partial charge < -0.3 is 28.7 Å². The Balaban J connectivity index is 1.42. The molecule has 0 aliphatic carbocycles. The van der Waals surface area contributed by atoms with Crippen LogP contribution in [0, 0.1) is 5.92 Å². The monoisotopic (exact) mass is 656 g/mol. The molecule has 0 spiro atoms. The van der Waals surface area contributed by atoms with Crippen molar-refractivity contribution in [3.63, 3.8) is 0 Å². The number of phenolic OH excluding ortho intramolecular Hbond substituents is 1. The number of nitrogens with zero attached hydrogens (tertiary/aromatic N) is 3. The van der Waals surface area contributed by atoms with Crippen molar-refractivity contribution in [2.45, 2.75) is 91.0 Å². The van der Waals surface area contributed by atoms with Gasteiger partial charge in [0.05, 0.1) is 12.9 Å². The van der Waals surface area contributed by atoms with E-state index in [9.17, 15) is 13.5 Å². The molecule has 1 aliphatic rings. The first-order valence-corrected chi connectivity index (χ1v) is 18.1. The van der Waals surface area contributed by atoms with E-state index < -0.39 is 10.1 Å². The van der Waals surface area contributed by atoms with Gasteiger partial charge in [0.15, 0.2) is 0 Å². The Labute approximate surface area is 275 Å². The predicted octanol–water partition coefficient (Wildman–Crippen LogP) is 6.21. The highest BCUT2D eigenvalue weighted by molar-refractivity contribution is 7.86. The maximum Gasteiger partial charge on any atom is 0.325 e. The van der Waals surface area contributed by atoms with Crippen molar-refractivity contribution in [1.82, 2.24) is 20.2 Å². The summed E-state index contributed by atoms with van der Waals surface area (Å²) in [5.74, 6) is 1.50. The van der Waals surface area contributed by atoms with Gasteiger partial charge in [-0.2, -0.15) is 8.42 Å². The highest BCUT2D eigenvalue weighted by atomic mass is 32.2. The molecular formula is C35H52N4O6S. The van der Waals surface area contributed by atoms with Crippen LogP contribution in [-0.4, -0.2) is 67.9 Å². The van der Waals surface area contributed by atoms with E-state index in [1.54, 1.807) is 0 Å². The minimum Gasteiger partial charge on any atom is -0.507 e. The van der Waals surface area contributed by atoms with E-state index in [2.05, 4.69) is 27.2 Å². The minimum atomic E-state index is -3.88. The highest BCUT2D eigenvalue weighted by Crippen LogP contribution is 2.42. The zero-order chi connectivity index (χ0) is 33.7. The van der Waals surface area contributed by atoms with Crippen LogP contribution >= 0.6 is 0 Å². The zero-order valence-corrected chi connectivity index (χ0v) is 29.6. The third kappa shape index (κ3) is 10.2. The Kier molecular flexibility index (Phi) is 11.4. The molecule has 1 atom stereocenters. The van der Waals surface area contributed by atoms with Crippen LogP contribution in [0.5, 0.6) is 17.6 Å². The van der Waals surface area contributed by atoms with Crippen LogP contribution in [0.3, 0.4) is 0 Å². The van der Waals surface area contributed by atoms with E-state index in [4.69, 9.17) is 13.3 Å². The van der Waals surface area contributed by atoms with Gasteiger partial charge in [-0.1, -0.05) is 47.6 Å². The van der Waals surface area contributed by atoms with Crippen LogP contribution in [0.25, 0.3) is 11.5 Å². The Morgan fingerprint density at radius 1 is 1.11 bits per heavy atom. The van der Waals surface area contributed by atoms with Crippen LogP contribution < -0.4 is 14.2 Å². The number of pyridine rings is 1. The Hall–Kier alpha value is -3.15. The molecule has 2 aromatic heterocycles. The number of ether oxygens (including phenoxy) is 1. The lowest BCUT2D eigenvalue weighted by molar-refractivity contribution is 0.286. The van der Waals surface area contributed by atoms with Gasteiger partial charge in [-0.15, -0.1) is 0 Å². The van der Waals surface area contributed by atoms with Gasteiger partial charge >= 0.3 is 16.1 Å². The number of nitrogens with one attached hydrogen (secondary N) is 1. The van der Waals surface area contributed by atoms with Crippen LogP contribution in [0.4, 0.5) is 0 Å². The quantitative estimate of drug-likeness (QED) is 0.205. The molecule has 1 unspecified atom stereocenters. The molecule has 11 heteroatoms. The highest BCUT2D eigenvalue weighted by Gasteiger charge is 2.29. The first kappa shape index (κ1) is 35.7. The number of oxazole rings is 1. The molecule has 3 aromatic rings. The molecule has 254 valence electrons. The number of hydrogen-bond acceptors (Lipinski definition) is 10. The second kappa shape index (κ2) is 14.7. The molecule has 0 saturated carbocycles. The van der Waals surface area contributed by atoms with E-state index in [0.29, 0.717) is 17.1 Å². The number of piperidine rings is 1. The predicted molar refractivity (Wildman–Crippen MR) is 181 cm³/mol. The van der Waals surface area contributed by atoms with Crippen molar-refractivity contribution >= 4 is 10.1 Å². The summed E-state index contributed by atoms with van der Waals surface area (Å²) in [6, 6.07) is 7.52. The number of hydrogen-bond donors (Lipinski definition) is 2. The largest absolute Gasteiger partial charge is 0.507 e. The topological polar surface area (TPSA) is 127 Å². The molecule has 3 heterocycles. The molecule has 2 N–H and O–H groups in total. The second-order valence-corrected chi connectivity index (χ2v) is 16.2. The van der Waals surface area contributed by atoms with Crippen LogP contribution in [0.2, 0.25) is 0 Å². The Bertz CT molecular complexity index is 1510. The smallest absolute Gasteiger partial charge is 0.325 e. The normalized spacial score (nSPS) is 16.2. The number of phenols is 1. The number of aromatic hydroxyl groups is 1. The molecule has 0 amide bonds. The van der Waals surface area contributed by atoms with Crippen LogP contribution in [-0.2, 0) is 33.9 Å². The van der Waals surface area contributed by atoms with E-state index in [1.165, 1.54) is 25.7 Å². The molecule has 1 saturated heterocycles. The van der Waals surface area contributed by atoms with Gasteiger partial charge in [-0.05, 0) is 86.8 Å². The SMILES string of the molecule is CN(CCCC1CCCNC1)Cc1ccc(OCCc2nc(-c3cc(C(C)(C)C)c(O)c(C(C)(C)C)c3)oc2OS(C)(=O)=O)nc1. The molecule has 10 nitrogen and oxygen atoms in total. The van der Waals surface area contributed by atoms with Crippen molar-refractivity contribution in [2.75, 3.05) is 39.5 Å². The van der Waals surface area contributed by atoms with Crippen molar-refractivity contribution < 1.29 is 26.9 Å². The van der Waals surface area contributed by atoms with Gasteiger partial charge in [0.1, 0.15) is 11.4 Å². The van der Waals surface area contributed by atoms with Gasteiger partial charge in [-0.3, -0.25) is 0 Å². The maximum absolute atomic E-state index is 12.1. The molecule has 1 fully saturated rings. The summed E-state index contributed by atoms with van der Waals surface area (Å²) in [6.07, 6.45) is 8.09. The van der Waals surface area contributed by atoms with Crippen molar-refractivity contribution in [2.24, 2.45) is 5.92 Å². The fourth-order valence-electron chi connectivity index (χ4n) is 5.78. The fraction of sp³-hybridized carbons (Fsp3) is 0.600. The third-order valence-electron chi connectivity index (χ3n) is 8.25. The summed E-state index contributed by atoms with van der Waals surface area (Å²) in [7, 11) is -1.74. The Morgan fingerprint density at radius 3 is 2.37 bits per heavy atom. The minimum absolute atomic E-state index is 0.185. The summed E-state index contributed by atoms with van der Waals surface area (Å²) >= 11 is 0. The van der Waals surface area contributed by atoms with Crippen LogP contribution in [0.1, 0.15) is 89.6 Å². The average Bonchev–Trinajstić information content (AvgIpc) is 3.34. The average molecular weight is 657 g/mol. The third-order valence-corrected chi connectivity index (χ3v) is 8.71. The maximum atomic E-state index is 12.1. The first-order chi connectivity index (χ1) is 21.5. The molecule has 0 bridgehead atoms. The van der Waals surface area contributed by atoms with Crippen molar-refractivity contribution in [3.05, 3.63) is 52.8 Å². The number of aromatic nitrogens is 2. The summed E-state index contributed by atoms with van der Waals surface area (Å²) in [6.45, 7) is 16.5. The molecule has 46 heavy (non-hydrogen) atoms. The van der Waals surface area contributed by atoms with Gasteiger partial charge in [0.2, 0.25) is 11.8 Å². The van der Waals surface area contributed by atoms with Crippen LogP contribution in [0.15, 0.2) is 34.9 Å². The lowest BCUT2D eigenvalue weighted by Crippen LogP contribution is -2.30. The van der Waals surface area contributed by atoms with E-state index >= 15 is 0 Å². The van der Waals surface area contributed by atoms with E-state index in [0.717, 1.165) is 55.0 Å². The van der Waals surface area contributed by atoms with E-state index in [-0.39, 0.29) is 41.4 Å². The van der Waals surface area contributed by atoms with Gasteiger partial charge in [0.25, 0.3) is 0 Å². The van der Waals surface area contributed by atoms with Crippen molar-refractivity contribution in [1.29, 1.82) is 0 Å². The molecular weight excluding hydrogens is 604 g/mol. The Morgan fingerprint density at radius 2 is 1.80 bits per heavy atom. The van der Waals surface area contributed by atoms with Gasteiger partial charge in [-0.25, -0.2) is 9.97 Å². The standard InChI is InChI=1S/C35H52N4O6S/c1-34(2,3)27-19-26(20-28(31(27)40)35(4,5)6)32-38-29(33(44-32)45-46(8,41)42)15-18-43-30-14-13-25(22-37-30)23-39(7)17-10-12-24-11-9-16-36-21-24/h13-14,19-20,22,24,36,40H,9-12,15-18,21,23H2,1-8H3. The summed E-state index contributed by atoms with van der Waals surface area (Å²) in [4.78, 5) is 11.4. The summed E-state index contributed by atoms with van der Waals surface area (Å²) in [5.41, 5.74) is 2.79.